The molecule has 0 atom stereocenters. The first kappa shape index (κ1) is 11.7. The van der Waals surface area contributed by atoms with Gasteiger partial charge in [0.15, 0.2) is 5.13 Å². The summed E-state index contributed by atoms with van der Waals surface area (Å²) in [6, 6.07) is 0. The largest absolute Gasteiger partial charge is 0.479 e. The number of anilines is 1. The molecule has 5 nitrogen and oxygen atoms in total. The van der Waals surface area contributed by atoms with Gasteiger partial charge in [0.25, 0.3) is 0 Å². The molecule has 1 aliphatic heterocycles. The zero-order valence-corrected chi connectivity index (χ0v) is 11.1. The van der Waals surface area contributed by atoms with Gasteiger partial charge in [-0.2, -0.15) is 0 Å². The van der Waals surface area contributed by atoms with Gasteiger partial charge in [-0.3, -0.25) is 0 Å². The Balaban J connectivity index is 2.11. The standard InChI is InChI=1S/C12H16N4OS/c1-17-11-9-10(18-12(13)16-9)8(6-15-11)7-2-4-14-5-3-7/h6-7,14H,2-5H2,1H3,(H2,13,16). The van der Waals surface area contributed by atoms with E-state index in [0.29, 0.717) is 16.9 Å². The van der Waals surface area contributed by atoms with Crippen LogP contribution in [0.25, 0.3) is 10.2 Å². The van der Waals surface area contributed by atoms with Gasteiger partial charge in [-0.05, 0) is 37.4 Å². The molecule has 0 bridgehead atoms. The third-order valence-electron chi connectivity index (χ3n) is 3.40. The van der Waals surface area contributed by atoms with Crippen LogP contribution in [0.2, 0.25) is 0 Å². The van der Waals surface area contributed by atoms with Gasteiger partial charge in [0, 0.05) is 6.20 Å². The Morgan fingerprint density at radius 1 is 1.44 bits per heavy atom. The first-order chi connectivity index (χ1) is 8.79. The number of pyridine rings is 1. The number of hydrogen-bond acceptors (Lipinski definition) is 6. The molecule has 96 valence electrons. The second-order valence-corrected chi connectivity index (χ2v) is 5.51. The van der Waals surface area contributed by atoms with Crippen LogP contribution in [0.4, 0.5) is 5.13 Å². The molecule has 2 aromatic heterocycles. The van der Waals surface area contributed by atoms with E-state index in [9.17, 15) is 0 Å². The maximum absolute atomic E-state index is 5.82. The Labute approximate surface area is 109 Å². The molecule has 0 aliphatic carbocycles. The molecular formula is C12H16N4OS. The normalized spacial score (nSPS) is 17.2. The number of rotatable bonds is 2. The van der Waals surface area contributed by atoms with Crippen LogP contribution in [0, 0.1) is 0 Å². The highest BCUT2D eigenvalue weighted by atomic mass is 32.1. The van der Waals surface area contributed by atoms with Gasteiger partial charge in [-0.1, -0.05) is 11.3 Å². The Hall–Kier alpha value is -1.40. The number of methoxy groups -OCH3 is 1. The van der Waals surface area contributed by atoms with Crippen molar-refractivity contribution in [3.05, 3.63) is 11.8 Å². The van der Waals surface area contributed by atoms with Crippen molar-refractivity contribution in [2.45, 2.75) is 18.8 Å². The van der Waals surface area contributed by atoms with Crippen molar-refractivity contribution in [3.8, 4) is 5.88 Å². The molecule has 3 rings (SSSR count). The molecule has 0 unspecified atom stereocenters. The number of nitrogens with zero attached hydrogens (tertiary/aromatic N) is 2. The zero-order valence-electron chi connectivity index (χ0n) is 10.3. The predicted octanol–water partition coefficient (Wildman–Crippen LogP) is 1.75. The van der Waals surface area contributed by atoms with Crippen LogP contribution in [-0.4, -0.2) is 30.2 Å². The van der Waals surface area contributed by atoms with E-state index in [1.54, 1.807) is 7.11 Å². The predicted molar refractivity (Wildman–Crippen MR) is 73.2 cm³/mol. The lowest BCUT2D eigenvalue weighted by Crippen LogP contribution is -2.26. The first-order valence-corrected chi connectivity index (χ1v) is 6.91. The molecule has 0 amide bonds. The molecule has 1 saturated heterocycles. The van der Waals surface area contributed by atoms with Gasteiger partial charge in [0.2, 0.25) is 5.88 Å². The van der Waals surface area contributed by atoms with Gasteiger partial charge in [0.1, 0.15) is 5.52 Å². The van der Waals surface area contributed by atoms with E-state index >= 15 is 0 Å². The van der Waals surface area contributed by atoms with Crippen LogP contribution in [0.15, 0.2) is 6.20 Å². The van der Waals surface area contributed by atoms with Crippen LogP contribution in [0.5, 0.6) is 5.88 Å². The number of nitrogen functional groups attached to an aromatic ring is 1. The number of nitrogens with two attached hydrogens (primary N) is 1. The average Bonchev–Trinajstić information content (AvgIpc) is 2.80. The Morgan fingerprint density at radius 2 is 2.22 bits per heavy atom. The number of piperidine rings is 1. The van der Waals surface area contributed by atoms with Crippen molar-refractivity contribution in [1.29, 1.82) is 0 Å². The number of aromatic nitrogens is 2. The molecule has 0 radical (unpaired) electrons. The Bertz CT molecular complexity index is 562. The minimum atomic E-state index is 0.548. The maximum Gasteiger partial charge on any atom is 0.241 e. The smallest absolute Gasteiger partial charge is 0.241 e. The van der Waals surface area contributed by atoms with Crippen LogP contribution in [-0.2, 0) is 0 Å². The lowest BCUT2D eigenvalue weighted by molar-refractivity contribution is 0.401. The molecule has 6 heteroatoms. The monoisotopic (exact) mass is 264 g/mol. The Kier molecular flexibility index (Phi) is 3.05. The van der Waals surface area contributed by atoms with Gasteiger partial charge in [0.05, 0.1) is 11.8 Å². The van der Waals surface area contributed by atoms with E-state index in [4.69, 9.17) is 10.5 Å². The van der Waals surface area contributed by atoms with Crippen LogP contribution < -0.4 is 15.8 Å². The van der Waals surface area contributed by atoms with Crippen molar-refractivity contribution in [2.24, 2.45) is 0 Å². The number of ether oxygens (including phenoxy) is 1. The van der Waals surface area contributed by atoms with Crippen molar-refractivity contribution in [3.63, 3.8) is 0 Å². The second-order valence-electron chi connectivity index (χ2n) is 4.48. The summed E-state index contributed by atoms with van der Waals surface area (Å²) in [7, 11) is 1.61. The van der Waals surface area contributed by atoms with Crippen molar-refractivity contribution in [2.75, 3.05) is 25.9 Å². The van der Waals surface area contributed by atoms with E-state index in [1.807, 2.05) is 6.20 Å². The van der Waals surface area contributed by atoms with Crippen molar-refractivity contribution in [1.82, 2.24) is 15.3 Å². The lowest BCUT2D eigenvalue weighted by Gasteiger charge is -2.23. The number of nitrogens with one attached hydrogen (secondary N) is 1. The molecule has 0 aromatic carbocycles. The van der Waals surface area contributed by atoms with E-state index in [-0.39, 0.29) is 0 Å². The second kappa shape index (κ2) is 4.70. The quantitative estimate of drug-likeness (QED) is 0.864. The molecule has 3 N–H and O–H groups in total. The average molecular weight is 264 g/mol. The number of fused-ring (bicyclic) bond motifs is 1. The van der Waals surface area contributed by atoms with E-state index in [2.05, 4.69) is 15.3 Å². The molecule has 1 fully saturated rings. The van der Waals surface area contributed by atoms with Crippen molar-refractivity contribution >= 4 is 26.7 Å². The summed E-state index contributed by atoms with van der Waals surface area (Å²) in [5, 5.41) is 3.95. The third kappa shape index (κ3) is 1.91. The summed E-state index contributed by atoms with van der Waals surface area (Å²) in [6.45, 7) is 2.12. The summed E-state index contributed by atoms with van der Waals surface area (Å²) >= 11 is 1.53. The third-order valence-corrected chi connectivity index (χ3v) is 4.34. The fourth-order valence-corrected chi connectivity index (χ4v) is 3.41. The topological polar surface area (TPSA) is 73.1 Å². The summed E-state index contributed by atoms with van der Waals surface area (Å²) in [4.78, 5) is 8.69. The minimum Gasteiger partial charge on any atom is -0.479 e. The lowest BCUT2D eigenvalue weighted by atomic mass is 9.91. The number of hydrogen-bond donors (Lipinski definition) is 2. The van der Waals surface area contributed by atoms with Gasteiger partial charge in [-0.15, -0.1) is 0 Å². The van der Waals surface area contributed by atoms with E-state index in [0.717, 1.165) is 36.1 Å². The summed E-state index contributed by atoms with van der Waals surface area (Å²) in [6.07, 6.45) is 4.20. The Morgan fingerprint density at radius 3 is 2.94 bits per heavy atom. The van der Waals surface area contributed by atoms with Crippen LogP contribution in [0.1, 0.15) is 24.3 Å². The summed E-state index contributed by atoms with van der Waals surface area (Å²) in [5.74, 6) is 1.11. The highest BCUT2D eigenvalue weighted by Crippen LogP contribution is 2.37. The van der Waals surface area contributed by atoms with Gasteiger partial charge >= 0.3 is 0 Å². The maximum atomic E-state index is 5.82. The summed E-state index contributed by atoms with van der Waals surface area (Å²) < 4.78 is 6.38. The molecule has 3 heterocycles. The highest BCUT2D eigenvalue weighted by molar-refractivity contribution is 7.22. The molecule has 2 aromatic rings. The van der Waals surface area contributed by atoms with Crippen LogP contribution in [0.3, 0.4) is 0 Å². The molecule has 1 aliphatic rings. The van der Waals surface area contributed by atoms with Crippen LogP contribution >= 0.6 is 11.3 Å². The highest BCUT2D eigenvalue weighted by Gasteiger charge is 2.21. The molecule has 18 heavy (non-hydrogen) atoms. The zero-order chi connectivity index (χ0) is 12.5. The molecule has 0 saturated carbocycles. The SMILES string of the molecule is COc1ncc(C2CCNCC2)c2sc(N)nc12. The van der Waals surface area contributed by atoms with Crippen molar-refractivity contribution < 1.29 is 4.74 Å². The summed E-state index contributed by atoms with van der Waals surface area (Å²) in [5.41, 5.74) is 7.89. The van der Waals surface area contributed by atoms with Gasteiger partial charge in [-0.25, -0.2) is 9.97 Å². The van der Waals surface area contributed by atoms with E-state index < -0.39 is 0 Å². The first-order valence-electron chi connectivity index (χ1n) is 6.09. The fourth-order valence-electron chi connectivity index (χ4n) is 2.50. The fraction of sp³-hybridized carbons (Fsp3) is 0.500. The number of thiazole rings is 1. The molecule has 0 spiro atoms. The van der Waals surface area contributed by atoms with Gasteiger partial charge < -0.3 is 15.8 Å². The minimum absolute atomic E-state index is 0.548. The van der Waals surface area contributed by atoms with E-state index in [1.165, 1.54) is 16.9 Å². The molecular weight excluding hydrogens is 248 g/mol.